The first-order valence-electron chi connectivity index (χ1n) is 6.10. The van der Waals surface area contributed by atoms with Crippen LogP contribution in [0.3, 0.4) is 0 Å². The quantitative estimate of drug-likeness (QED) is 0.836. The number of halogens is 1. The Morgan fingerprint density at radius 1 is 1.26 bits per heavy atom. The average molecular weight is 258 g/mol. The van der Waals surface area contributed by atoms with Gasteiger partial charge in [0, 0.05) is 11.8 Å². The van der Waals surface area contributed by atoms with Gasteiger partial charge < -0.3 is 5.32 Å². The largest absolute Gasteiger partial charge is 0.319 e. The normalized spacial score (nSPS) is 10.4. The third kappa shape index (κ3) is 3.03. The Morgan fingerprint density at radius 2 is 2.05 bits per heavy atom. The van der Waals surface area contributed by atoms with Crippen LogP contribution in [0, 0.1) is 5.82 Å². The molecule has 0 bridgehead atoms. The number of nitrogens with zero attached hydrogens (tertiary/aromatic N) is 1. The summed E-state index contributed by atoms with van der Waals surface area (Å²) in [6, 6.07) is 8.70. The fourth-order valence-corrected chi connectivity index (χ4v) is 1.92. The number of pyridine rings is 1. The molecule has 1 N–H and O–H groups in total. The van der Waals surface area contributed by atoms with Gasteiger partial charge in [-0.1, -0.05) is 24.3 Å². The van der Waals surface area contributed by atoms with Crippen LogP contribution >= 0.6 is 0 Å². The highest BCUT2D eigenvalue weighted by Crippen LogP contribution is 2.16. The van der Waals surface area contributed by atoms with Crippen molar-refractivity contribution in [2.24, 2.45) is 0 Å². The van der Waals surface area contributed by atoms with E-state index >= 15 is 0 Å². The predicted molar refractivity (Wildman–Crippen MR) is 71.7 cm³/mol. The first-order valence-corrected chi connectivity index (χ1v) is 6.10. The second-order valence-corrected chi connectivity index (χ2v) is 4.20. The average Bonchev–Trinajstić information content (AvgIpc) is 2.45. The molecule has 0 spiro atoms. The molecule has 2 rings (SSSR count). The van der Waals surface area contributed by atoms with Gasteiger partial charge in [0.2, 0.25) is 0 Å². The molecule has 0 unspecified atom stereocenters. The molecular formula is C15H15FN2O. The molecule has 0 atom stereocenters. The van der Waals surface area contributed by atoms with Crippen molar-refractivity contribution in [1.82, 2.24) is 10.3 Å². The molecule has 98 valence electrons. The van der Waals surface area contributed by atoms with E-state index in [1.54, 1.807) is 12.1 Å². The van der Waals surface area contributed by atoms with Crippen molar-refractivity contribution in [3.8, 4) is 0 Å². The summed E-state index contributed by atoms with van der Waals surface area (Å²) in [4.78, 5) is 16.0. The summed E-state index contributed by atoms with van der Waals surface area (Å²) in [7, 11) is 1.85. The number of carbonyl (C=O) groups is 1. The van der Waals surface area contributed by atoms with E-state index in [1.807, 2.05) is 19.2 Å². The van der Waals surface area contributed by atoms with E-state index in [0.717, 1.165) is 24.7 Å². The minimum Gasteiger partial charge on any atom is -0.319 e. The number of rotatable bonds is 5. The van der Waals surface area contributed by atoms with Crippen molar-refractivity contribution >= 4 is 5.78 Å². The lowest BCUT2D eigenvalue weighted by atomic mass is 9.97. The van der Waals surface area contributed by atoms with Gasteiger partial charge in [-0.25, -0.2) is 4.39 Å². The van der Waals surface area contributed by atoms with Crippen molar-refractivity contribution in [3.63, 3.8) is 0 Å². The lowest BCUT2D eigenvalue weighted by Crippen LogP contribution is -2.14. The standard InChI is InChI=1S/C15H15FN2O/c1-17-8-6-11-4-2-3-5-12(11)15(19)13-7-9-18-10-14(13)16/h2-5,7,9-10,17H,6,8H2,1H3. The molecule has 1 aromatic carbocycles. The van der Waals surface area contributed by atoms with Crippen molar-refractivity contribution in [3.05, 3.63) is 65.2 Å². The molecular weight excluding hydrogens is 243 g/mol. The minimum absolute atomic E-state index is 0.0620. The van der Waals surface area contributed by atoms with Gasteiger partial charge in [-0.05, 0) is 31.6 Å². The van der Waals surface area contributed by atoms with E-state index in [1.165, 1.54) is 12.3 Å². The molecule has 0 amide bonds. The van der Waals surface area contributed by atoms with Crippen LogP contribution in [0.4, 0.5) is 4.39 Å². The number of carbonyl (C=O) groups excluding carboxylic acids is 1. The Balaban J connectivity index is 2.36. The Bertz CT molecular complexity index is 584. The number of hydrogen-bond donors (Lipinski definition) is 1. The summed E-state index contributed by atoms with van der Waals surface area (Å²) in [5, 5.41) is 3.04. The van der Waals surface area contributed by atoms with Crippen molar-refractivity contribution < 1.29 is 9.18 Å². The van der Waals surface area contributed by atoms with Crippen LogP contribution in [-0.4, -0.2) is 24.4 Å². The maximum atomic E-state index is 13.6. The van der Waals surface area contributed by atoms with Crippen LogP contribution < -0.4 is 5.32 Å². The first kappa shape index (κ1) is 13.4. The smallest absolute Gasteiger partial charge is 0.196 e. The first-order chi connectivity index (χ1) is 9.24. The zero-order valence-corrected chi connectivity index (χ0v) is 10.7. The molecule has 3 nitrogen and oxygen atoms in total. The van der Waals surface area contributed by atoms with E-state index in [2.05, 4.69) is 10.3 Å². The van der Waals surface area contributed by atoms with Crippen molar-refractivity contribution in [2.45, 2.75) is 6.42 Å². The predicted octanol–water partition coefficient (Wildman–Crippen LogP) is 2.21. The fraction of sp³-hybridized carbons (Fsp3) is 0.200. The minimum atomic E-state index is -0.587. The number of benzene rings is 1. The van der Waals surface area contributed by atoms with E-state index in [0.29, 0.717) is 5.56 Å². The molecule has 19 heavy (non-hydrogen) atoms. The summed E-state index contributed by atoms with van der Waals surface area (Å²) >= 11 is 0. The Labute approximate surface area is 111 Å². The maximum absolute atomic E-state index is 13.6. The van der Waals surface area contributed by atoms with Gasteiger partial charge in [-0.2, -0.15) is 0 Å². The van der Waals surface area contributed by atoms with E-state index in [4.69, 9.17) is 0 Å². The number of hydrogen-bond acceptors (Lipinski definition) is 3. The summed E-state index contributed by atoms with van der Waals surface area (Å²) < 4.78 is 13.6. The molecule has 1 aromatic heterocycles. The maximum Gasteiger partial charge on any atom is 0.196 e. The van der Waals surface area contributed by atoms with Crippen LogP contribution in [-0.2, 0) is 6.42 Å². The number of aromatic nitrogens is 1. The molecule has 0 radical (unpaired) electrons. The second-order valence-electron chi connectivity index (χ2n) is 4.20. The van der Waals surface area contributed by atoms with E-state index in [-0.39, 0.29) is 11.3 Å². The molecule has 0 aliphatic rings. The van der Waals surface area contributed by atoms with Crippen LogP contribution in [0.15, 0.2) is 42.7 Å². The molecule has 2 aromatic rings. The highest BCUT2D eigenvalue weighted by molar-refractivity contribution is 6.10. The van der Waals surface area contributed by atoms with Crippen LogP contribution in [0.2, 0.25) is 0 Å². The van der Waals surface area contributed by atoms with Crippen LogP contribution in [0.25, 0.3) is 0 Å². The summed E-state index contributed by atoms with van der Waals surface area (Å²) in [6.07, 6.45) is 3.21. The Morgan fingerprint density at radius 3 is 2.79 bits per heavy atom. The van der Waals surface area contributed by atoms with Crippen LogP contribution in [0.1, 0.15) is 21.5 Å². The summed E-state index contributed by atoms with van der Waals surface area (Å²) in [5.41, 5.74) is 1.52. The third-order valence-corrected chi connectivity index (χ3v) is 2.92. The zero-order valence-electron chi connectivity index (χ0n) is 10.7. The summed E-state index contributed by atoms with van der Waals surface area (Å²) in [6.45, 7) is 0.767. The molecule has 0 fully saturated rings. The van der Waals surface area contributed by atoms with Gasteiger partial charge in [0.25, 0.3) is 0 Å². The molecule has 1 heterocycles. The topological polar surface area (TPSA) is 42.0 Å². The van der Waals surface area contributed by atoms with E-state index < -0.39 is 5.82 Å². The van der Waals surface area contributed by atoms with Crippen LogP contribution in [0.5, 0.6) is 0 Å². The Kier molecular flexibility index (Phi) is 4.36. The monoisotopic (exact) mass is 258 g/mol. The van der Waals surface area contributed by atoms with Gasteiger partial charge in [0.15, 0.2) is 11.6 Å². The van der Waals surface area contributed by atoms with Crippen molar-refractivity contribution in [2.75, 3.05) is 13.6 Å². The van der Waals surface area contributed by atoms with Crippen molar-refractivity contribution in [1.29, 1.82) is 0 Å². The molecule has 0 saturated carbocycles. The molecule has 4 heteroatoms. The second kappa shape index (κ2) is 6.20. The number of ketones is 1. The van der Waals surface area contributed by atoms with Gasteiger partial charge >= 0.3 is 0 Å². The molecule has 0 saturated heterocycles. The highest BCUT2D eigenvalue weighted by atomic mass is 19.1. The number of nitrogens with one attached hydrogen (secondary N) is 1. The van der Waals surface area contributed by atoms with Gasteiger partial charge in [0.1, 0.15) is 0 Å². The molecule has 0 aliphatic carbocycles. The Hall–Kier alpha value is -2.07. The zero-order chi connectivity index (χ0) is 13.7. The molecule has 0 aliphatic heterocycles. The third-order valence-electron chi connectivity index (χ3n) is 2.92. The number of likely N-dealkylation sites (N-methyl/N-ethyl adjacent to an activating group) is 1. The lowest BCUT2D eigenvalue weighted by Gasteiger charge is -2.08. The SMILES string of the molecule is CNCCc1ccccc1C(=O)c1ccncc1F. The van der Waals surface area contributed by atoms with Gasteiger partial charge in [0.05, 0.1) is 11.8 Å². The van der Waals surface area contributed by atoms with Gasteiger partial charge in [-0.3, -0.25) is 9.78 Å². The fourth-order valence-electron chi connectivity index (χ4n) is 1.92. The summed E-state index contributed by atoms with van der Waals surface area (Å²) in [5.74, 6) is -0.887. The van der Waals surface area contributed by atoms with E-state index in [9.17, 15) is 9.18 Å². The lowest BCUT2D eigenvalue weighted by molar-refractivity contribution is 0.103. The van der Waals surface area contributed by atoms with Gasteiger partial charge in [-0.15, -0.1) is 0 Å². The highest BCUT2D eigenvalue weighted by Gasteiger charge is 2.16.